The van der Waals surface area contributed by atoms with Crippen molar-refractivity contribution in [3.63, 3.8) is 0 Å². The molecule has 0 aromatic heterocycles. The average molecular weight is 290 g/mol. The minimum absolute atomic E-state index is 0.929. The van der Waals surface area contributed by atoms with Crippen molar-refractivity contribution in [1.82, 2.24) is 0 Å². The SMILES string of the molecule is COC(=O)[C@H](O)[C@@H](O)[C@H](O)[C@H](O)COP(=O)(O)O. The Morgan fingerprint density at radius 1 is 1.17 bits per heavy atom. The van der Waals surface area contributed by atoms with Gasteiger partial charge in [0.2, 0.25) is 0 Å². The zero-order chi connectivity index (χ0) is 14.5. The van der Waals surface area contributed by atoms with Crippen LogP contribution in [0.5, 0.6) is 0 Å². The van der Waals surface area contributed by atoms with Gasteiger partial charge in [0.25, 0.3) is 0 Å². The lowest BCUT2D eigenvalue weighted by molar-refractivity contribution is -0.167. The summed E-state index contributed by atoms with van der Waals surface area (Å²) in [5, 5.41) is 36.9. The lowest BCUT2D eigenvalue weighted by Crippen LogP contribution is -2.49. The van der Waals surface area contributed by atoms with Crippen LogP contribution in [0.1, 0.15) is 0 Å². The Labute approximate surface area is 102 Å². The molecule has 0 aromatic carbocycles. The summed E-state index contributed by atoms with van der Waals surface area (Å²) in [5.41, 5.74) is 0. The maximum Gasteiger partial charge on any atom is 0.469 e. The number of ether oxygens (including phenoxy) is 1. The van der Waals surface area contributed by atoms with Crippen molar-refractivity contribution in [2.45, 2.75) is 24.4 Å². The van der Waals surface area contributed by atoms with E-state index in [1.54, 1.807) is 0 Å². The Morgan fingerprint density at radius 2 is 1.67 bits per heavy atom. The smallest absolute Gasteiger partial charge is 0.467 e. The average Bonchev–Trinajstić information content (AvgIpc) is 2.31. The van der Waals surface area contributed by atoms with Gasteiger partial charge in [-0.3, -0.25) is 4.52 Å². The Morgan fingerprint density at radius 3 is 2.06 bits per heavy atom. The van der Waals surface area contributed by atoms with Gasteiger partial charge in [-0.05, 0) is 0 Å². The van der Waals surface area contributed by atoms with Crippen molar-refractivity contribution in [3.8, 4) is 0 Å². The van der Waals surface area contributed by atoms with Crippen molar-refractivity contribution in [2.24, 2.45) is 0 Å². The monoisotopic (exact) mass is 290 g/mol. The topological polar surface area (TPSA) is 174 Å². The van der Waals surface area contributed by atoms with Crippen LogP contribution in [-0.4, -0.2) is 74.3 Å². The zero-order valence-corrected chi connectivity index (χ0v) is 10.2. The molecule has 4 atom stereocenters. The van der Waals surface area contributed by atoms with Crippen LogP contribution in [0.25, 0.3) is 0 Å². The highest BCUT2D eigenvalue weighted by Gasteiger charge is 2.35. The standard InChI is InChI=1S/C7H15O10P/c1-16-7(12)6(11)5(10)4(9)3(8)2-17-18(13,14)15/h3-6,8-11H,2H2,1H3,(H2,13,14,15)/t3-,4-,5+,6-/m1/s1. The fourth-order valence-corrected chi connectivity index (χ4v) is 1.29. The van der Waals surface area contributed by atoms with Crippen molar-refractivity contribution in [3.05, 3.63) is 0 Å². The Kier molecular flexibility index (Phi) is 6.89. The number of aliphatic hydroxyl groups excluding tert-OH is 4. The van der Waals surface area contributed by atoms with Crippen LogP contribution in [0.3, 0.4) is 0 Å². The number of carbonyl (C=O) groups excluding carboxylic acids is 1. The first-order valence-corrected chi connectivity index (χ1v) is 6.13. The molecule has 0 aliphatic heterocycles. The molecule has 18 heavy (non-hydrogen) atoms. The second-order valence-electron chi connectivity index (χ2n) is 3.30. The predicted molar refractivity (Wildman–Crippen MR) is 54.0 cm³/mol. The van der Waals surface area contributed by atoms with E-state index in [2.05, 4.69) is 9.26 Å². The number of esters is 1. The number of rotatable bonds is 7. The van der Waals surface area contributed by atoms with Crippen LogP contribution in [0.4, 0.5) is 0 Å². The molecule has 0 fully saturated rings. The number of aliphatic hydroxyl groups is 4. The maximum absolute atomic E-state index is 10.8. The summed E-state index contributed by atoms with van der Waals surface area (Å²) >= 11 is 0. The van der Waals surface area contributed by atoms with Gasteiger partial charge in [0.1, 0.15) is 18.3 Å². The third-order valence-corrected chi connectivity index (χ3v) is 2.41. The van der Waals surface area contributed by atoms with E-state index < -0.39 is 44.8 Å². The Bertz CT molecular complexity index is 313. The highest BCUT2D eigenvalue weighted by atomic mass is 31.2. The highest BCUT2D eigenvalue weighted by Crippen LogP contribution is 2.35. The molecule has 0 bridgehead atoms. The fourth-order valence-electron chi connectivity index (χ4n) is 0.947. The van der Waals surface area contributed by atoms with Crippen molar-refractivity contribution >= 4 is 13.8 Å². The summed E-state index contributed by atoms with van der Waals surface area (Å²) in [4.78, 5) is 27.5. The number of hydrogen-bond donors (Lipinski definition) is 6. The van der Waals surface area contributed by atoms with E-state index in [0.29, 0.717) is 0 Å². The summed E-state index contributed by atoms with van der Waals surface area (Å²) in [6, 6.07) is 0. The Hall–Kier alpha value is -0.580. The molecule has 11 heteroatoms. The molecule has 0 unspecified atom stereocenters. The Balaban J connectivity index is 4.40. The lowest BCUT2D eigenvalue weighted by atomic mass is 10.0. The van der Waals surface area contributed by atoms with Gasteiger partial charge >= 0.3 is 13.8 Å². The molecule has 108 valence electrons. The van der Waals surface area contributed by atoms with Crippen molar-refractivity contribution in [1.29, 1.82) is 0 Å². The molecule has 0 rings (SSSR count). The predicted octanol–water partition coefficient (Wildman–Crippen LogP) is -3.29. The van der Waals surface area contributed by atoms with Gasteiger partial charge in [0.05, 0.1) is 13.7 Å². The minimum atomic E-state index is -4.84. The van der Waals surface area contributed by atoms with E-state index in [4.69, 9.17) is 14.9 Å². The zero-order valence-electron chi connectivity index (χ0n) is 9.28. The summed E-state index contributed by atoms with van der Waals surface area (Å²) in [6.07, 6.45) is -8.21. The molecule has 0 spiro atoms. The van der Waals surface area contributed by atoms with E-state index in [-0.39, 0.29) is 0 Å². The van der Waals surface area contributed by atoms with Crippen LogP contribution in [0.2, 0.25) is 0 Å². The number of phosphoric acid groups is 1. The van der Waals surface area contributed by atoms with Gasteiger partial charge in [0, 0.05) is 0 Å². The molecule has 10 nitrogen and oxygen atoms in total. The van der Waals surface area contributed by atoms with Crippen LogP contribution in [0.15, 0.2) is 0 Å². The molecule has 0 amide bonds. The highest BCUT2D eigenvalue weighted by molar-refractivity contribution is 7.46. The summed E-state index contributed by atoms with van der Waals surface area (Å²) in [7, 11) is -3.92. The fraction of sp³-hybridized carbons (Fsp3) is 0.857. The summed E-state index contributed by atoms with van der Waals surface area (Å²) in [6.45, 7) is -1.00. The van der Waals surface area contributed by atoms with Gasteiger partial charge in [-0.15, -0.1) is 0 Å². The second kappa shape index (κ2) is 7.12. The number of methoxy groups -OCH3 is 1. The van der Waals surface area contributed by atoms with E-state index in [1.807, 2.05) is 0 Å². The molecular formula is C7H15O10P. The van der Waals surface area contributed by atoms with Crippen LogP contribution in [-0.2, 0) is 18.6 Å². The molecule has 0 saturated heterocycles. The van der Waals surface area contributed by atoms with Gasteiger partial charge in [-0.2, -0.15) is 0 Å². The lowest BCUT2D eigenvalue weighted by Gasteiger charge is -2.25. The maximum atomic E-state index is 10.8. The summed E-state index contributed by atoms with van der Waals surface area (Å²) < 4.78 is 18.3. The summed E-state index contributed by atoms with van der Waals surface area (Å²) in [5.74, 6) is -1.25. The minimum Gasteiger partial charge on any atom is -0.467 e. The first-order valence-electron chi connectivity index (χ1n) is 4.60. The van der Waals surface area contributed by atoms with E-state index in [9.17, 15) is 24.7 Å². The molecule has 0 radical (unpaired) electrons. The molecule has 0 saturated carbocycles. The van der Waals surface area contributed by atoms with E-state index in [1.165, 1.54) is 0 Å². The molecule has 0 aliphatic rings. The van der Waals surface area contributed by atoms with E-state index >= 15 is 0 Å². The first-order chi connectivity index (χ1) is 8.10. The third-order valence-electron chi connectivity index (χ3n) is 1.92. The molecule has 6 N–H and O–H groups in total. The number of phosphoric ester groups is 1. The van der Waals surface area contributed by atoms with Crippen molar-refractivity contribution < 1.29 is 48.8 Å². The largest absolute Gasteiger partial charge is 0.469 e. The molecule has 0 aromatic rings. The normalized spacial score (nSPS) is 18.8. The van der Waals surface area contributed by atoms with Crippen LogP contribution in [0, 0.1) is 0 Å². The van der Waals surface area contributed by atoms with Gasteiger partial charge in [-0.25, -0.2) is 9.36 Å². The number of hydrogen-bond acceptors (Lipinski definition) is 8. The van der Waals surface area contributed by atoms with Gasteiger partial charge in [-0.1, -0.05) is 0 Å². The van der Waals surface area contributed by atoms with Gasteiger partial charge < -0.3 is 34.9 Å². The number of carbonyl (C=O) groups is 1. The van der Waals surface area contributed by atoms with Crippen LogP contribution >= 0.6 is 7.82 Å². The quantitative estimate of drug-likeness (QED) is 0.206. The first kappa shape index (κ1) is 17.4. The van der Waals surface area contributed by atoms with Gasteiger partial charge in [0.15, 0.2) is 6.10 Å². The molecule has 0 aliphatic carbocycles. The molecule has 0 heterocycles. The van der Waals surface area contributed by atoms with E-state index in [0.717, 1.165) is 7.11 Å². The molecular weight excluding hydrogens is 275 g/mol. The second-order valence-corrected chi connectivity index (χ2v) is 4.54. The third kappa shape index (κ3) is 5.85. The van der Waals surface area contributed by atoms with Crippen LogP contribution < -0.4 is 0 Å². The van der Waals surface area contributed by atoms with Crippen molar-refractivity contribution in [2.75, 3.05) is 13.7 Å².